The Morgan fingerprint density at radius 2 is 1.84 bits per heavy atom. The van der Waals surface area contributed by atoms with Crippen molar-refractivity contribution in [2.24, 2.45) is 0 Å². The van der Waals surface area contributed by atoms with Gasteiger partial charge < -0.3 is 17.7 Å². The van der Waals surface area contributed by atoms with Gasteiger partial charge in [-0.2, -0.15) is 0 Å². The monoisotopic (exact) mass is 270 g/mol. The van der Waals surface area contributed by atoms with E-state index in [0.717, 1.165) is 18.5 Å². The number of rotatable bonds is 4. The molecule has 0 bridgehead atoms. The summed E-state index contributed by atoms with van der Waals surface area (Å²) in [6.07, 6.45) is 1.89. The number of pyridine rings is 1. The third kappa shape index (κ3) is 3.46. The molecule has 100 valence electrons. The first-order valence-electron chi connectivity index (χ1n) is 5.48. The van der Waals surface area contributed by atoms with Gasteiger partial charge >= 0.3 is 6.98 Å². The van der Waals surface area contributed by atoms with E-state index in [9.17, 15) is 17.3 Å². The van der Waals surface area contributed by atoms with Crippen molar-refractivity contribution in [3.05, 3.63) is 54.1 Å². The number of nitrogens with zero attached hydrogens (tertiary/aromatic N) is 1. The highest BCUT2D eigenvalue weighted by Crippen LogP contribution is 2.15. The van der Waals surface area contributed by atoms with E-state index in [1.165, 1.54) is 18.2 Å². The van der Waals surface area contributed by atoms with E-state index in [1.54, 1.807) is 6.07 Å². The molecule has 1 aromatic heterocycles. The van der Waals surface area contributed by atoms with Gasteiger partial charge in [0.1, 0.15) is 18.2 Å². The van der Waals surface area contributed by atoms with Gasteiger partial charge in [0.25, 0.3) is 0 Å². The largest absolute Gasteiger partial charge is 0.511 e. The number of halogens is 4. The van der Waals surface area contributed by atoms with Crippen molar-refractivity contribution in [1.82, 2.24) is 4.98 Å². The van der Waals surface area contributed by atoms with Crippen LogP contribution in [0.2, 0.25) is 0 Å². The molecule has 0 saturated heterocycles. The molecular weight excluding hydrogens is 261 g/mol. The molecule has 2 rings (SSSR count). The first-order chi connectivity index (χ1) is 8.97. The van der Waals surface area contributed by atoms with Gasteiger partial charge in [-0.05, 0) is 12.1 Å². The molecule has 1 heterocycles. The Labute approximate surface area is 107 Å². The first kappa shape index (κ1) is 13.4. The molecule has 0 aliphatic carbocycles. The van der Waals surface area contributed by atoms with E-state index < -0.39 is 18.3 Å². The second-order valence-electron chi connectivity index (χ2n) is 3.91. The van der Waals surface area contributed by atoms with Gasteiger partial charge in [0.15, 0.2) is 0 Å². The van der Waals surface area contributed by atoms with Crippen LogP contribution in [0.1, 0.15) is 5.56 Å². The Balaban J connectivity index is 2.10. The molecule has 0 atom stereocenters. The summed E-state index contributed by atoms with van der Waals surface area (Å²) in [7, 11) is 0. The third-order valence-electron chi connectivity index (χ3n) is 2.46. The van der Waals surface area contributed by atoms with Crippen LogP contribution >= 0.6 is 0 Å². The molecule has 0 aliphatic rings. The predicted octanol–water partition coefficient (Wildman–Crippen LogP) is 2.85. The van der Waals surface area contributed by atoms with E-state index in [2.05, 4.69) is 4.98 Å². The molecule has 0 fully saturated rings. The van der Waals surface area contributed by atoms with E-state index >= 15 is 0 Å². The van der Waals surface area contributed by atoms with Crippen LogP contribution in [0.4, 0.5) is 17.3 Å². The zero-order chi connectivity index (χ0) is 13.9. The van der Waals surface area contributed by atoms with Gasteiger partial charge in [0.2, 0.25) is 0 Å². The summed E-state index contributed by atoms with van der Waals surface area (Å²) >= 11 is 0. The summed E-state index contributed by atoms with van der Waals surface area (Å²) < 4.78 is 55.9. The summed E-state index contributed by atoms with van der Waals surface area (Å²) in [5.41, 5.74) is -0.573. The second-order valence-corrected chi connectivity index (χ2v) is 3.91. The molecule has 2 nitrogen and oxygen atoms in total. The van der Waals surface area contributed by atoms with Gasteiger partial charge in [0.05, 0.1) is 6.20 Å². The van der Waals surface area contributed by atoms with Crippen molar-refractivity contribution in [2.45, 2.75) is 6.61 Å². The van der Waals surface area contributed by atoms with Crippen molar-refractivity contribution < 1.29 is 22.1 Å². The molecule has 1 aromatic carbocycles. The third-order valence-corrected chi connectivity index (χ3v) is 2.46. The van der Waals surface area contributed by atoms with Crippen LogP contribution in [0.3, 0.4) is 0 Å². The highest BCUT2D eigenvalue weighted by Gasteiger charge is 2.26. The quantitative estimate of drug-likeness (QED) is 0.629. The number of hydrogen-bond acceptors (Lipinski definition) is 2. The highest BCUT2D eigenvalue weighted by atomic mass is 19.4. The van der Waals surface area contributed by atoms with E-state index in [4.69, 9.17) is 4.74 Å². The summed E-state index contributed by atoms with van der Waals surface area (Å²) in [5, 5.41) is 0. The zero-order valence-corrected chi connectivity index (χ0v) is 9.69. The standard InChI is InChI=1S/C12H9BF4NO/c14-12-4-2-1-3-9(12)8-19-11-5-10(6-18-7-11)13(15,16)17/h1-7H,8H2/q-1. The van der Waals surface area contributed by atoms with Gasteiger partial charge in [-0.15, -0.1) is 0 Å². The maximum absolute atomic E-state index is 13.3. The second kappa shape index (κ2) is 5.30. The average molecular weight is 270 g/mol. The Morgan fingerprint density at radius 3 is 2.53 bits per heavy atom. The fourth-order valence-electron chi connectivity index (χ4n) is 1.47. The van der Waals surface area contributed by atoms with Crippen molar-refractivity contribution in [1.29, 1.82) is 0 Å². The minimum absolute atomic E-state index is 0.0417. The highest BCUT2D eigenvalue weighted by molar-refractivity contribution is 6.73. The lowest BCUT2D eigenvalue weighted by molar-refractivity contribution is 0.298. The SMILES string of the molecule is Fc1ccccc1COc1cncc([B-](F)(F)F)c1. The van der Waals surface area contributed by atoms with Gasteiger partial charge in [-0.25, -0.2) is 4.39 Å². The molecule has 0 spiro atoms. The van der Waals surface area contributed by atoms with Crippen molar-refractivity contribution in [3.63, 3.8) is 0 Å². The number of aromatic nitrogens is 1. The Morgan fingerprint density at radius 1 is 1.11 bits per heavy atom. The molecule has 0 unspecified atom stereocenters. The van der Waals surface area contributed by atoms with Crippen LogP contribution in [0.5, 0.6) is 5.75 Å². The number of ether oxygens (including phenoxy) is 1. The fraction of sp³-hybridized carbons (Fsp3) is 0.0833. The van der Waals surface area contributed by atoms with E-state index in [0.29, 0.717) is 0 Å². The smallest absolute Gasteiger partial charge is 0.487 e. The molecule has 7 heteroatoms. The normalized spacial score (nSPS) is 11.4. The first-order valence-corrected chi connectivity index (χ1v) is 5.48. The predicted molar refractivity (Wildman–Crippen MR) is 63.7 cm³/mol. The Kier molecular flexibility index (Phi) is 3.73. The minimum atomic E-state index is -5.12. The van der Waals surface area contributed by atoms with Gasteiger partial charge in [-0.3, -0.25) is 4.98 Å². The molecule has 0 N–H and O–H groups in total. The minimum Gasteiger partial charge on any atom is -0.487 e. The van der Waals surface area contributed by atoms with Crippen LogP contribution in [-0.4, -0.2) is 12.0 Å². The summed E-state index contributed by atoms with van der Waals surface area (Å²) in [5.74, 6) is -0.508. The van der Waals surface area contributed by atoms with Gasteiger partial charge in [0, 0.05) is 11.8 Å². The van der Waals surface area contributed by atoms with E-state index in [-0.39, 0.29) is 17.9 Å². The van der Waals surface area contributed by atoms with Crippen LogP contribution < -0.4 is 10.2 Å². The summed E-state index contributed by atoms with van der Waals surface area (Å²) in [6.45, 7) is -5.27. The van der Waals surface area contributed by atoms with Crippen LogP contribution in [0.15, 0.2) is 42.7 Å². The van der Waals surface area contributed by atoms with E-state index in [1.807, 2.05) is 0 Å². The lowest BCUT2D eigenvalue weighted by atomic mass is 9.81. The zero-order valence-electron chi connectivity index (χ0n) is 9.69. The summed E-state index contributed by atoms with van der Waals surface area (Å²) in [6, 6.07) is 6.75. The van der Waals surface area contributed by atoms with Crippen molar-refractivity contribution in [2.75, 3.05) is 0 Å². The topological polar surface area (TPSA) is 22.1 Å². The van der Waals surface area contributed by atoms with Crippen molar-refractivity contribution >= 4 is 12.4 Å². The molecule has 0 saturated carbocycles. The molecule has 0 aliphatic heterocycles. The van der Waals surface area contributed by atoms with Crippen LogP contribution in [0, 0.1) is 5.82 Å². The molecule has 0 radical (unpaired) electrons. The molecule has 2 aromatic rings. The van der Waals surface area contributed by atoms with Crippen molar-refractivity contribution in [3.8, 4) is 5.75 Å². The maximum atomic E-state index is 13.3. The Bertz CT molecular complexity index is 574. The Hall–Kier alpha value is -2.05. The fourth-order valence-corrected chi connectivity index (χ4v) is 1.47. The summed E-state index contributed by atoms with van der Waals surface area (Å²) in [4.78, 5) is 3.46. The lowest BCUT2D eigenvalue weighted by Crippen LogP contribution is -2.34. The van der Waals surface area contributed by atoms with Crippen LogP contribution in [0.25, 0.3) is 0 Å². The number of benzene rings is 1. The lowest BCUT2D eigenvalue weighted by Gasteiger charge is -2.15. The molecular formula is C12H9BF4NO-. The molecule has 19 heavy (non-hydrogen) atoms. The number of hydrogen-bond donors (Lipinski definition) is 0. The van der Waals surface area contributed by atoms with Gasteiger partial charge in [-0.1, -0.05) is 23.7 Å². The average Bonchev–Trinajstić information content (AvgIpc) is 2.37. The van der Waals surface area contributed by atoms with Crippen LogP contribution in [-0.2, 0) is 6.61 Å². The maximum Gasteiger partial charge on any atom is 0.511 e. The molecule has 0 amide bonds.